The Kier molecular flexibility index (Phi) is 3.37. The van der Waals surface area contributed by atoms with Crippen LogP contribution in [0.3, 0.4) is 0 Å². The summed E-state index contributed by atoms with van der Waals surface area (Å²) in [6, 6.07) is 4.78. The van der Waals surface area contributed by atoms with Crippen LogP contribution in [0.5, 0.6) is 0 Å². The predicted molar refractivity (Wildman–Crippen MR) is 52.1 cm³/mol. The van der Waals surface area contributed by atoms with Gasteiger partial charge in [0.1, 0.15) is 0 Å². The van der Waals surface area contributed by atoms with Crippen molar-refractivity contribution in [1.29, 1.82) is 0 Å². The van der Waals surface area contributed by atoms with Crippen molar-refractivity contribution in [3.05, 3.63) is 45.5 Å². The molecule has 7 nitrogen and oxygen atoms in total. The second-order valence-electron chi connectivity index (χ2n) is 2.74. The quantitative estimate of drug-likeness (QED) is 0.108. The molecule has 1 rings (SSSR count). The summed E-state index contributed by atoms with van der Waals surface area (Å²) in [4.78, 5) is 34.0. The highest BCUT2D eigenvalue weighted by Gasteiger charge is 2.22. The van der Waals surface area contributed by atoms with E-state index in [4.69, 9.17) is 5.53 Å². The van der Waals surface area contributed by atoms with Crippen molar-refractivity contribution in [2.45, 2.75) is 0 Å². The maximum atomic E-state index is 11.4. The first-order valence-corrected chi connectivity index (χ1v) is 4.06. The molecular formula is C9H5N3O4. The van der Waals surface area contributed by atoms with Gasteiger partial charge in [0, 0.05) is 17.7 Å². The Morgan fingerprint density at radius 1 is 1.50 bits per heavy atom. The molecule has 0 heterocycles. The summed E-state index contributed by atoms with van der Waals surface area (Å²) < 4.78 is 0. The summed E-state index contributed by atoms with van der Waals surface area (Å²) in [6.07, 6.45) is 0.0706. The lowest BCUT2D eigenvalue weighted by molar-refractivity contribution is -0.384. The summed E-state index contributed by atoms with van der Waals surface area (Å²) >= 11 is 0. The minimum absolute atomic E-state index is 0.0706. The highest BCUT2D eigenvalue weighted by atomic mass is 16.6. The minimum Gasteiger partial charge on any atom is -0.360 e. The number of nitrogens with zero attached hydrogens (tertiary/aromatic N) is 3. The largest absolute Gasteiger partial charge is 0.401 e. The van der Waals surface area contributed by atoms with Crippen molar-refractivity contribution in [3.63, 3.8) is 0 Å². The topological polar surface area (TPSA) is 114 Å². The fourth-order valence-electron chi connectivity index (χ4n) is 1.03. The lowest BCUT2D eigenvalue weighted by atomic mass is 10.1. The SMILES string of the molecule is [N-]=[N+]=C(C=O)C(=O)c1cccc([N+](=O)[O-])c1. The molecule has 0 saturated carbocycles. The minimum atomic E-state index is -0.874. The van der Waals surface area contributed by atoms with Gasteiger partial charge in [-0.2, -0.15) is 4.79 Å². The van der Waals surface area contributed by atoms with E-state index in [1.807, 2.05) is 0 Å². The lowest BCUT2D eigenvalue weighted by Crippen LogP contribution is -2.16. The second-order valence-corrected chi connectivity index (χ2v) is 2.74. The third-order valence-electron chi connectivity index (χ3n) is 1.77. The van der Waals surface area contributed by atoms with Crippen molar-refractivity contribution >= 4 is 23.5 Å². The van der Waals surface area contributed by atoms with Gasteiger partial charge in [0.15, 0.2) is 0 Å². The summed E-state index contributed by atoms with van der Waals surface area (Å²) in [5.41, 5.74) is 7.26. The van der Waals surface area contributed by atoms with Crippen molar-refractivity contribution in [2.24, 2.45) is 0 Å². The van der Waals surface area contributed by atoms with E-state index >= 15 is 0 Å². The van der Waals surface area contributed by atoms with E-state index in [0.29, 0.717) is 0 Å². The van der Waals surface area contributed by atoms with E-state index in [1.54, 1.807) is 0 Å². The number of non-ortho nitro benzene ring substituents is 1. The molecule has 0 amide bonds. The van der Waals surface area contributed by atoms with E-state index in [9.17, 15) is 19.7 Å². The number of hydrogen-bond acceptors (Lipinski definition) is 4. The van der Waals surface area contributed by atoms with Gasteiger partial charge in [-0.3, -0.25) is 19.7 Å². The summed E-state index contributed by atoms with van der Waals surface area (Å²) in [5.74, 6) is -0.874. The van der Waals surface area contributed by atoms with E-state index < -0.39 is 16.4 Å². The molecule has 0 aromatic heterocycles. The van der Waals surface area contributed by atoms with Gasteiger partial charge in [0.2, 0.25) is 6.29 Å². The molecule has 0 unspecified atom stereocenters. The van der Waals surface area contributed by atoms with Crippen LogP contribution in [0.1, 0.15) is 10.4 Å². The van der Waals surface area contributed by atoms with Crippen LogP contribution < -0.4 is 0 Å². The van der Waals surface area contributed by atoms with Crippen LogP contribution in [0.25, 0.3) is 5.53 Å². The molecule has 0 aliphatic rings. The zero-order valence-electron chi connectivity index (χ0n) is 7.86. The number of nitro benzene ring substituents is 1. The van der Waals surface area contributed by atoms with Crippen molar-refractivity contribution in [1.82, 2.24) is 0 Å². The van der Waals surface area contributed by atoms with Gasteiger partial charge < -0.3 is 5.53 Å². The van der Waals surface area contributed by atoms with E-state index in [-0.39, 0.29) is 17.5 Å². The average Bonchev–Trinajstić information content (AvgIpc) is 2.30. The van der Waals surface area contributed by atoms with Crippen LogP contribution in [-0.2, 0) is 4.79 Å². The first kappa shape index (κ1) is 11.4. The number of carbonyl (C=O) groups is 2. The van der Waals surface area contributed by atoms with Gasteiger partial charge in [-0.1, -0.05) is 12.1 Å². The Morgan fingerprint density at radius 3 is 2.69 bits per heavy atom. The molecule has 0 N–H and O–H groups in total. The van der Waals surface area contributed by atoms with Gasteiger partial charge in [-0.15, -0.1) is 0 Å². The van der Waals surface area contributed by atoms with Crippen LogP contribution in [0, 0.1) is 10.1 Å². The maximum absolute atomic E-state index is 11.4. The Balaban J connectivity index is 3.19. The summed E-state index contributed by atoms with van der Waals surface area (Å²) in [5, 5.41) is 10.4. The van der Waals surface area contributed by atoms with Crippen LogP contribution >= 0.6 is 0 Å². The smallest absolute Gasteiger partial charge is 0.360 e. The van der Waals surface area contributed by atoms with E-state index in [2.05, 4.69) is 4.79 Å². The zero-order valence-corrected chi connectivity index (χ0v) is 7.86. The zero-order chi connectivity index (χ0) is 12.1. The lowest BCUT2D eigenvalue weighted by Gasteiger charge is -1.94. The van der Waals surface area contributed by atoms with Gasteiger partial charge in [-0.25, -0.2) is 0 Å². The molecule has 0 aliphatic carbocycles. The summed E-state index contributed by atoms with van der Waals surface area (Å²) in [6.45, 7) is 0. The molecule has 0 aliphatic heterocycles. The highest BCUT2D eigenvalue weighted by Crippen LogP contribution is 2.13. The third kappa shape index (κ3) is 2.23. The monoisotopic (exact) mass is 219 g/mol. The van der Waals surface area contributed by atoms with Crippen LogP contribution in [-0.4, -0.2) is 27.5 Å². The molecule has 1 aromatic carbocycles. The van der Waals surface area contributed by atoms with Gasteiger partial charge in [0.25, 0.3) is 11.5 Å². The molecule has 7 heteroatoms. The Bertz CT molecular complexity index is 517. The Labute approximate surface area is 89.1 Å². The Hall–Kier alpha value is -2.66. The molecule has 0 spiro atoms. The molecule has 1 aromatic rings. The molecule has 0 fully saturated rings. The van der Waals surface area contributed by atoms with Gasteiger partial charge >= 0.3 is 5.71 Å². The molecule has 0 radical (unpaired) electrons. The number of benzene rings is 1. The first-order chi connectivity index (χ1) is 7.60. The first-order valence-electron chi connectivity index (χ1n) is 4.06. The molecule has 0 atom stereocenters. The number of hydrogen-bond donors (Lipinski definition) is 0. The Morgan fingerprint density at radius 2 is 2.19 bits per heavy atom. The molecule has 16 heavy (non-hydrogen) atoms. The third-order valence-corrected chi connectivity index (χ3v) is 1.77. The van der Waals surface area contributed by atoms with E-state index in [1.165, 1.54) is 18.2 Å². The number of ketones is 1. The standard InChI is InChI=1S/C9H5N3O4/c10-11-8(5-13)9(14)6-2-1-3-7(4-6)12(15)16/h1-5H. The van der Waals surface area contributed by atoms with Crippen molar-refractivity contribution in [3.8, 4) is 0 Å². The molecule has 80 valence electrons. The average molecular weight is 219 g/mol. The van der Waals surface area contributed by atoms with Crippen LogP contribution in [0.2, 0.25) is 0 Å². The normalized spacial score (nSPS) is 9.00. The number of aldehydes is 1. The molecule has 0 saturated heterocycles. The fraction of sp³-hybridized carbons (Fsp3) is 0. The molecule has 0 bridgehead atoms. The van der Waals surface area contributed by atoms with Crippen LogP contribution in [0.4, 0.5) is 5.69 Å². The predicted octanol–water partition coefficient (Wildman–Crippen LogP) is 0.647. The number of carbonyl (C=O) groups excluding carboxylic acids is 2. The number of Topliss-reactive ketones (excluding diaryl/α,β-unsaturated/α-hetero) is 1. The highest BCUT2D eigenvalue weighted by molar-refractivity contribution is 6.61. The fourth-order valence-corrected chi connectivity index (χ4v) is 1.03. The van der Waals surface area contributed by atoms with E-state index in [0.717, 1.165) is 6.07 Å². The number of nitro groups is 1. The number of rotatable bonds is 4. The van der Waals surface area contributed by atoms with Gasteiger partial charge in [-0.05, 0) is 0 Å². The second kappa shape index (κ2) is 4.72. The molecular weight excluding hydrogens is 214 g/mol. The maximum Gasteiger partial charge on any atom is 0.401 e. The van der Waals surface area contributed by atoms with Crippen LogP contribution in [0.15, 0.2) is 24.3 Å². The van der Waals surface area contributed by atoms with Gasteiger partial charge in [0.05, 0.1) is 4.92 Å². The summed E-state index contributed by atoms with van der Waals surface area (Å²) in [7, 11) is 0. The van der Waals surface area contributed by atoms with Crippen molar-refractivity contribution in [2.75, 3.05) is 0 Å². The van der Waals surface area contributed by atoms with Crippen molar-refractivity contribution < 1.29 is 19.3 Å².